The number of hydrogen-bond donors (Lipinski definition) is 3. The second-order valence-corrected chi connectivity index (χ2v) is 8.93. The first-order valence-corrected chi connectivity index (χ1v) is 11.8. The standard InChI is InChI=1S/C27H27N5O3/c28-19(15-29-14-18-12-13-30-23-7-2-1-5-20(18)23)9-8-17-4-3-6-21-22(17)16-32(27(21)35)24-10-11-25(33)31-26(24)34/h1-7,12-13,15,24,29H,8-11,14,16,28H2,(H,31,33,34)/b19-15-. The largest absolute Gasteiger partial charge is 0.401 e. The number of piperidine rings is 1. The van der Waals surface area contributed by atoms with Crippen molar-refractivity contribution < 1.29 is 14.4 Å². The highest BCUT2D eigenvalue weighted by Gasteiger charge is 2.39. The monoisotopic (exact) mass is 469 g/mol. The average molecular weight is 470 g/mol. The van der Waals surface area contributed by atoms with Crippen molar-refractivity contribution in [3.8, 4) is 0 Å². The van der Waals surface area contributed by atoms with Crippen molar-refractivity contribution in [1.29, 1.82) is 0 Å². The van der Waals surface area contributed by atoms with E-state index in [9.17, 15) is 14.4 Å². The van der Waals surface area contributed by atoms with Crippen LogP contribution in [0.5, 0.6) is 0 Å². The summed E-state index contributed by atoms with van der Waals surface area (Å²) in [6.07, 6.45) is 5.55. The Labute approximate surface area is 203 Å². The number of para-hydroxylation sites is 1. The first-order chi connectivity index (χ1) is 17.0. The van der Waals surface area contributed by atoms with Gasteiger partial charge in [0.05, 0.1) is 5.52 Å². The molecule has 1 atom stereocenters. The molecule has 4 N–H and O–H groups in total. The van der Waals surface area contributed by atoms with Crippen molar-refractivity contribution in [1.82, 2.24) is 20.5 Å². The van der Waals surface area contributed by atoms with Gasteiger partial charge in [0.25, 0.3) is 5.91 Å². The van der Waals surface area contributed by atoms with E-state index in [4.69, 9.17) is 5.73 Å². The highest BCUT2D eigenvalue weighted by molar-refractivity contribution is 6.05. The van der Waals surface area contributed by atoms with Gasteiger partial charge in [0.2, 0.25) is 11.8 Å². The molecular formula is C27H27N5O3. The molecule has 0 aliphatic carbocycles. The molecule has 5 rings (SSSR count). The van der Waals surface area contributed by atoms with Crippen LogP contribution in [0.25, 0.3) is 10.9 Å². The van der Waals surface area contributed by atoms with Gasteiger partial charge in [-0.1, -0.05) is 30.3 Å². The maximum Gasteiger partial charge on any atom is 0.255 e. The molecule has 0 saturated carbocycles. The minimum absolute atomic E-state index is 0.161. The molecule has 1 fully saturated rings. The number of carbonyl (C=O) groups is 3. The van der Waals surface area contributed by atoms with Crippen LogP contribution in [0.2, 0.25) is 0 Å². The molecule has 2 aliphatic rings. The van der Waals surface area contributed by atoms with Gasteiger partial charge in [-0.05, 0) is 54.2 Å². The Morgan fingerprint density at radius 2 is 1.97 bits per heavy atom. The maximum atomic E-state index is 13.0. The second kappa shape index (κ2) is 9.58. The predicted molar refractivity (Wildman–Crippen MR) is 132 cm³/mol. The molecule has 1 saturated heterocycles. The van der Waals surface area contributed by atoms with Gasteiger partial charge in [-0.15, -0.1) is 0 Å². The Balaban J connectivity index is 1.22. The molecule has 8 heteroatoms. The number of carbonyl (C=O) groups excluding carboxylic acids is 3. The van der Waals surface area contributed by atoms with E-state index in [0.29, 0.717) is 43.6 Å². The molecule has 8 nitrogen and oxygen atoms in total. The van der Waals surface area contributed by atoms with Crippen molar-refractivity contribution in [2.24, 2.45) is 5.73 Å². The molecule has 2 aromatic carbocycles. The van der Waals surface area contributed by atoms with Crippen molar-refractivity contribution in [2.75, 3.05) is 0 Å². The number of aromatic nitrogens is 1. The maximum absolute atomic E-state index is 13.0. The number of hydrogen-bond acceptors (Lipinski definition) is 6. The number of allylic oxidation sites excluding steroid dienone is 1. The molecule has 178 valence electrons. The summed E-state index contributed by atoms with van der Waals surface area (Å²) in [5.74, 6) is -0.848. The van der Waals surface area contributed by atoms with E-state index in [-0.39, 0.29) is 18.2 Å². The van der Waals surface area contributed by atoms with E-state index in [2.05, 4.69) is 21.7 Å². The average Bonchev–Trinajstić information content (AvgIpc) is 3.19. The topological polar surface area (TPSA) is 117 Å². The van der Waals surface area contributed by atoms with Crippen LogP contribution in [-0.4, -0.2) is 33.6 Å². The zero-order valence-corrected chi connectivity index (χ0v) is 19.3. The van der Waals surface area contributed by atoms with E-state index < -0.39 is 11.9 Å². The third-order valence-corrected chi connectivity index (χ3v) is 6.68. The van der Waals surface area contributed by atoms with Crippen molar-refractivity contribution >= 4 is 28.6 Å². The molecule has 0 bridgehead atoms. The van der Waals surface area contributed by atoms with Crippen LogP contribution >= 0.6 is 0 Å². The van der Waals surface area contributed by atoms with E-state index in [1.165, 1.54) is 0 Å². The second-order valence-electron chi connectivity index (χ2n) is 8.93. The summed E-state index contributed by atoms with van der Waals surface area (Å²) in [5.41, 5.74) is 11.7. The number of pyridine rings is 1. The fourth-order valence-electron chi connectivity index (χ4n) is 4.84. The summed E-state index contributed by atoms with van der Waals surface area (Å²) in [7, 11) is 0. The van der Waals surface area contributed by atoms with E-state index >= 15 is 0 Å². The summed E-state index contributed by atoms with van der Waals surface area (Å²) in [6.45, 7) is 1.01. The van der Waals surface area contributed by atoms with E-state index in [1.54, 1.807) is 11.0 Å². The molecule has 1 unspecified atom stereocenters. The molecule has 2 aliphatic heterocycles. The number of aryl methyl sites for hydroxylation is 1. The molecule has 3 amide bonds. The normalized spacial score (nSPS) is 18.1. The number of amides is 3. The molecular weight excluding hydrogens is 442 g/mol. The summed E-state index contributed by atoms with van der Waals surface area (Å²) >= 11 is 0. The molecule has 35 heavy (non-hydrogen) atoms. The minimum atomic E-state index is -0.612. The van der Waals surface area contributed by atoms with Crippen LogP contribution in [0, 0.1) is 0 Å². The third kappa shape index (κ3) is 4.59. The van der Waals surface area contributed by atoms with Crippen LogP contribution < -0.4 is 16.4 Å². The molecule has 1 aromatic heterocycles. The lowest BCUT2D eigenvalue weighted by atomic mass is 9.99. The number of benzene rings is 2. The van der Waals surface area contributed by atoms with Crippen molar-refractivity contribution in [2.45, 2.75) is 44.8 Å². The van der Waals surface area contributed by atoms with Gasteiger partial charge in [0, 0.05) is 48.6 Å². The predicted octanol–water partition coefficient (Wildman–Crippen LogP) is 2.52. The zero-order valence-electron chi connectivity index (χ0n) is 19.3. The first kappa shape index (κ1) is 22.6. The Morgan fingerprint density at radius 1 is 1.11 bits per heavy atom. The van der Waals surface area contributed by atoms with Crippen LogP contribution in [0.1, 0.15) is 46.3 Å². The number of nitrogens with one attached hydrogen (secondary N) is 2. The Bertz CT molecular complexity index is 1340. The lowest BCUT2D eigenvalue weighted by molar-refractivity contribution is -0.136. The van der Waals surface area contributed by atoms with Gasteiger partial charge in [-0.2, -0.15) is 0 Å². The quantitative estimate of drug-likeness (QED) is 0.458. The summed E-state index contributed by atoms with van der Waals surface area (Å²) < 4.78 is 0. The summed E-state index contributed by atoms with van der Waals surface area (Å²) in [6, 6.07) is 15.1. The molecule has 3 heterocycles. The van der Waals surface area contributed by atoms with Gasteiger partial charge < -0.3 is 16.0 Å². The van der Waals surface area contributed by atoms with Crippen molar-refractivity contribution in [3.63, 3.8) is 0 Å². The fraction of sp³-hybridized carbons (Fsp3) is 0.259. The van der Waals surface area contributed by atoms with Crippen LogP contribution in [0.15, 0.2) is 66.6 Å². The van der Waals surface area contributed by atoms with E-state index in [1.807, 2.05) is 48.8 Å². The highest BCUT2D eigenvalue weighted by Crippen LogP contribution is 2.30. The van der Waals surface area contributed by atoms with Crippen LogP contribution in [0.3, 0.4) is 0 Å². The number of rotatable bonds is 7. The summed E-state index contributed by atoms with van der Waals surface area (Å²) in [4.78, 5) is 42.8. The minimum Gasteiger partial charge on any atom is -0.401 e. The zero-order chi connectivity index (χ0) is 24.4. The number of imide groups is 1. The lowest BCUT2D eigenvalue weighted by Gasteiger charge is -2.29. The van der Waals surface area contributed by atoms with Crippen LogP contribution in [0.4, 0.5) is 0 Å². The first-order valence-electron chi connectivity index (χ1n) is 11.8. The van der Waals surface area contributed by atoms with E-state index in [0.717, 1.165) is 27.6 Å². The summed E-state index contributed by atoms with van der Waals surface area (Å²) in [5, 5.41) is 6.75. The number of nitrogens with zero attached hydrogens (tertiary/aromatic N) is 2. The van der Waals surface area contributed by atoms with Gasteiger partial charge in [0.15, 0.2) is 0 Å². The Morgan fingerprint density at radius 3 is 2.83 bits per heavy atom. The highest BCUT2D eigenvalue weighted by atomic mass is 16.2. The molecule has 3 aromatic rings. The smallest absolute Gasteiger partial charge is 0.255 e. The Hall–Kier alpha value is -4.20. The lowest BCUT2D eigenvalue weighted by Crippen LogP contribution is -2.52. The van der Waals surface area contributed by atoms with Gasteiger partial charge in [-0.25, -0.2) is 0 Å². The number of nitrogens with two attached hydrogens (primary N) is 1. The third-order valence-electron chi connectivity index (χ3n) is 6.68. The van der Waals surface area contributed by atoms with Gasteiger partial charge in [0.1, 0.15) is 6.04 Å². The van der Waals surface area contributed by atoms with Gasteiger partial charge in [-0.3, -0.25) is 24.7 Å². The Kier molecular flexibility index (Phi) is 6.18. The number of fused-ring (bicyclic) bond motifs is 2. The molecule has 0 spiro atoms. The van der Waals surface area contributed by atoms with Crippen LogP contribution in [-0.2, 0) is 29.1 Å². The molecule has 0 radical (unpaired) electrons. The van der Waals surface area contributed by atoms with Gasteiger partial charge >= 0.3 is 0 Å². The fourth-order valence-corrected chi connectivity index (χ4v) is 4.84. The van der Waals surface area contributed by atoms with Crippen molar-refractivity contribution in [3.05, 3.63) is 88.9 Å². The SMILES string of the molecule is N/C(=C\NCc1ccnc2ccccc12)CCc1cccc2c1CN(C1CCC(=O)NC1=O)C2=O.